The van der Waals surface area contributed by atoms with Crippen LogP contribution in [0.2, 0.25) is 0 Å². The van der Waals surface area contributed by atoms with Crippen LogP contribution in [0.5, 0.6) is 0 Å². The summed E-state index contributed by atoms with van der Waals surface area (Å²) in [4.78, 5) is 72.9. The first-order valence-corrected chi connectivity index (χ1v) is 43.2. The van der Waals surface area contributed by atoms with Crippen molar-refractivity contribution in [3.8, 4) is 0 Å². The van der Waals surface area contributed by atoms with Crippen molar-refractivity contribution < 1.29 is 80.2 Å². The number of hydrogen-bond acceptors (Lipinski definition) is 15. The van der Waals surface area contributed by atoms with E-state index < -0.39 is 97.5 Å². The number of aliphatic hydroxyl groups excluding tert-OH is 1. The lowest BCUT2D eigenvalue weighted by Crippen LogP contribution is -2.30. The third-order valence-corrected chi connectivity index (χ3v) is 19.5. The van der Waals surface area contributed by atoms with E-state index in [0.29, 0.717) is 25.7 Å². The zero-order chi connectivity index (χ0) is 71.8. The van der Waals surface area contributed by atoms with Crippen LogP contribution in [0.4, 0.5) is 0 Å². The van der Waals surface area contributed by atoms with E-state index in [-0.39, 0.29) is 25.7 Å². The van der Waals surface area contributed by atoms with Crippen molar-refractivity contribution >= 4 is 39.5 Å². The molecule has 0 aliphatic rings. The maximum absolute atomic E-state index is 13.1. The van der Waals surface area contributed by atoms with Gasteiger partial charge in [0.1, 0.15) is 19.3 Å². The summed E-state index contributed by atoms with van der Waals surface area (Å²) in [6, 6.07) is 0. The second-order valence-corrected chi connectivity index (χ2v) is 30.3. The number of rotatable bonds is 77. The van der Waals surface area contributed by atoms with E-state index in [1.54, 1.807) is 0 Å². The number of carbonyl (C=O) groups is 4. The molecule has 3 N–H and O–H groups in total. The zero-order valence-electron chi connectivity index (χ0n) is 63.0. The van der Waals surface area contributed by atoms with Crippen molar-refractivity contribution in [1.82, 2.24) is 0 Å². The highest BCUT2D eigenvalue weighted by molar-refractivity contribution is 7.47. The molecule has 0 saturated heterocycles. The van der Waals surface area contributed by atoms with Gasteiger partial charge in [-0.1, -0.05) is 315 Å². The molecule has 0 radical (unpaired) electrons. The summed E-state index contributed by atoms with van der Waals surface area (Å²) in [5.74, 6) is -2.15. The Kier molecular flexibility index (Phi) is 70.6. The summed E-state index contributed by atoms with van der Waals surface area (Å²) >= 11 is 0. The first-order valence-electron chi connectivity index (χ1n) is 40.2. The molecule has 0 saturated carbocycles. The highest BCUT2D eigenvalue weighted by Gasteiger charge is 2.30. The third-order valence-electron chi connectivity index (χ3n) is 17.6. The monoisotopic (exact) mass is 1430 g/mol. The maximum Gasteiger partial charge on any atom is 0.472 e. The van der Waals surface area contributed by atoms with Crippen LogP contribution in [0, 0.1) is 0 Å². The van der Waals surface area contributed by atoms with Gasteiger partial charge in [0.15, 0.2) is 12.2 Å². The van der Waals surface area contributed by atoms with Crippen LogP contribution in [0.15, 0.2) is 36.5 Å². The van der Waals surface area contributed by atoms with Gasteiger partial charge in [0.2, 0.25) is 0 Å². The first kappa shape index (κ1) is 95.3. The molecule has 0 amide bonds. The average molecular weight is 1430 g/mol. The molecule has 0 fully saturated rings. The van der Waals surface area contributed by atoms with Crippen molar-refractivity contribution in [3.63, 3.8) is 0 Å². The van der Waals surface area contributed by atoms with Gasteiger partial charge < -0.3 is 33.8 Å². The smallest absolute Gasteiger partial charge is 0.462 e. The van der Waals surface area contributed by atoms with Crippen molar-refractivity contribution in [3.05, 3.63) is 36.5 Å². The molecule has 0 spiro atoms. The van der Waals surface area contributed by atoms with Crippen LogP contribution in [0.1, 0.15) is 387 Å². The highest BCUT2D eigenvalue weighted by atomic mass is 31.2. The molecule has 98 heavy (non-hydrogen) atoms. The number of unbranched alkanes of at least 4 members (excludes halogenated alkanes) is 45. The summed E-state index contributed by atoms with van der Waals surface area (Å²) in [6.07, 6.45) is 68.3. The fourth-order valence-corrected chi connectivity index (χ4v) is 13.0. The second-order valence-electron chi connectivity index (χ2n) is 27.4. The Morgan fingerprint density at radius 3 is 0.796 bits per heavy atom. The van der Waals surface area contributed by atoms with Gasteiger partial charge in [-0.15, -0.1) is 0 Å². The van der Waals surface area contributed by atoms with E-state index in [2.05, 4.69) is 64.2 Å². The standard InChI is InChI=1S/C79H148O17P2/c1-5-9-13-17-21-25-29-33-36-40-44-48-52-56-60-64-77(82)90-70-75(96-79(84)66-62-58-54-50-46-42-38-35-31-27-23-19-15-11-7-3)72-94-98(87,88)92-68-73(80)67-91-97(85,86)93-71-74(69-89-76(81)63-59-55-51-47-43-39-32-28-24-20-16-12-8-4)95-78(83)65-61-57-53-49-45-41-37-34-30-26-22-18-14-10-6-2/h23,27-28,32,35,38,73-75,80H,5-22,24-26,29-31,33-34,36-37,39-72H2,1-4H3,(H,85,86)(H,87,88)/b27-23-,32-28-,38-35-/t73-,74-,75-/m1/s1. The number of phosphoric ester groups is 2. The highest BCUT2D eigenvalue weighted by Crippen LogP contribution is 2.45. The Hall–Kier alpha value is -2.72. The molecule has 0 aromatic rings. The van der Waals surface area contributed by atoms with Crippen molar-refractivity contribution in [2.75, 3.05) is 39.6 Å². The molecule has 2 unspecified atom stereocenters. The molecule has 0 aliphatic heterocycles. The lowest BCUT2D eigenvalue weighted by molar-refractivity contribution is -0.161. The number of hydrogen-bond donors (Lipinski definition) is 3. The molecular formula is C79H148O17P2. The number of esters is 4. The maximum atomic E-state index is 13.1. The predicted octanol–water partition coefficient (Wildman–Crippen LogP) is 23.1. The van der Waals surface area contributed by atoms with Crippen molar-refractivity contribution in [1.29, 1.82) is 0 Å². The van der Waals surface area contributed by atoms with Gasteiger partial charge in [-0.2, -0.15) is 0 Å². The minimum absolute atomic E-state index is 0.0864. The normalized spacial score (nSPS) is 14.1. The number of ether oxygens (including phenoxy) is 4. The molecule has 0 heterocycles. The van der Waals surface area contributed by atoms with E-state index >= 15 is 0 Å². The Bertz CT molecular complexity index is 2000. The summed E-state index contributed by atoms with van der Waals surface area (Å²) in [5, 5.41) is 10.6. The lowest BCUT2D eigenvalue weighted by Gasteiger charge is -2.21. The van der Waals surface area contributed by atoms with Crippen LogP contribution in [-0.2, 0) is 65.4 Å². The Morgan fingerprint density at radius 1 is 0.286 bits per heavy atom. The number of carbonyl (C=O) groups excluding carboxylic acids is 4. The molecule has 5 atom stereocenters. The van der Waals surface area contributed by atoms with Gasteiger partial charge in [0, 0.05) is 25.7 Å². The molecule has 576 valence electrons. The Balaban J connectivity index is 5.31. The Labute approximate surface area is 598 Å². The van der Waals surface area contributed by atoms with E-state index in [1.807, 2.05) is 0 Å². The molecule has 0 bridgehead atoms. The fourth-order valence-electron chi connectivity index (χ4n) is 11.4. The lowest BCUT2D eigenvalue weighted by atomic mass is 10.0. The fraction of sp³-hybridized carbons (Fsp3) is 0.873. The van der Waals surface area contributed by atoms with Crippen LogP contribution < -0.4 is 0 Å². The Morgan fingerprint density at radius 2 is 0.500 bits per heavy atom. The summed E-state index contributed by atoms with van der Waals surface area (Å²) in [6.45, 7) is 4.91. The van der Waals surface area contributed by atoms with E-state index in [4.69, 9.17) is 37.0 Å². The molecule has 0 aliphatic carbocycles. The van der Waals surface area contributed by atoms with Crippen LogP contribution in [0.3, 0.4) is 0 Å². The summed E-state index contributed by atoms with van der Waals surface area (Å²) in [7, 11) is -9.93. The number of aliphatic hydroxyl groups is 1. The van der Waals surface area contributed by atoms with Crippen LogP contribution in [-0.4, -0.2) is 96.7 Å². The molecule has 0 aromatic heterocycles. The predicted molar refractivity (Wildman–Crippen MR) is 400 cm³/mol. The molecular weight excluding hydrogens is 1280 g/mol. The minimum Gasteiger partial charge on any atom is -0.462 e. The van der Waals surface area contributed by atoms with Gasteiger partial charge >= 0.3 is 39.5 Å². The van der Waals surface area contributed by atoms with Crippen molar-refractivity contribution in [2.24, 2.45) is 0 Å². The van der Waals surface area contributed by atoms with Crippen LogP contribution in [0.25, 0.3) is 0 Å². The van der Waals surface area contributed by atoms with Gasteiger partial charge in [0.05, 0.1) is 26.4 Å². The summed E-state index contributed by atoms with van der Waals surface area (Å²) in [5.41, 5.74) is 0. The van der Waals surface area contributed by atoms with Gasteiger partial charge in [-0.25, -0.2) is 9.13 Å². The number of phosphoric acid groups is 2. The van der Waals surface area contributed by atoms with Gasteiger partial charge in [0.25, 0.3) is 0 Å². The molecule has 17 nitrogen and oxygen atoms in total. The summed E-state index contributed by atoms with van der Waals surface area (Å²) < 4.78 is 68.6. The molecule has 19 heteroatoms. The second kappa shape index (κ2) is 72.6. The third kappa shape index (κ3) is 71.7. The SMILES string of the molecule is CCCCC/C=C\C/C=C\CCCCCCCC(=O)O[C@H](COC(=O)CCCCCCCCCCCCCCCCC)COP(=O)(O)OC[C@H](O)COP(=O)(O)OC[C@@H](COC(=O)CCCCCCC/C=C\CCCCCC)OC(=O)CCCCCCCCCCCCCCCCC. The molecule has 0 rings (SSSR count). The molecule has 0 aromatic carbocycles. The van der Waals surface area contributed by atoms with E-state index in [9.17, 15) is 43.2 Å². The largest absolute Gasteiger partial charge is 0.472 e. The minimum atomic E-state index is -4.97. The quantitative estimate of drug-likeness (QED) is 0.0169. The van der Waals surface area contributed by atoms with E-state index in [1.165, 1.54) is 180 Å². The number of allylic oxidation sites excluding steroid dienone is 6. The zero-order valence-corrected chi connectivity index (χ0v) is 64.8. The average Bonchev–Trinajstić information content (AvgIpc) is 1.04. The van der Waals surface area contributed by atoms with Gasteiger partial charge in [-0.05, 0) is 83.5 Å². The van der Waals surface area contributed by atoms with Crippen molar-refractivity contribution in [2.45, 2.75) is 406 Å². The first-order chi connectivity index (χ1) is 47.7. The van der Waals surface area contributed by atoms with Crippen LogP contribution >= 0.6 is 15.6 Å². The van der Waals surface area contributed by atoms with E-state index in [0.717, 1.165) is 128 Å². The van der Waals surface area contributed by atoms with Gasteiger partial charge in [-0.3, -0.25) is 37.3 Å². The topological polar surface area (TPSA) is 237 Å².